The van der Waals surface area contributed by atoms with Crippen LogP contribution in [0.2, 0.25) is 0 Å². The van der Waals surface area contributed by atoms with Crippen LogP contribution in [0.4, 0.5) is 5.69 Å². The molecule has 0 aliphatic rings. The molecule has 0 N–H and O–H groups in total. The fourth-order valence-corrected chi connectivity index (χ4v) is 3.12. The highest BCUT2D eigenvalue weighted by atomic mass is 32.2. The number of nitrogens with zero attached hydrogens (tertiary/aromatic N) is 2. The smallest absolute Gasteiger partial charge is 0.288 e. The number of ether oxygens (including phenoxy) is 1. The Kier molecular flexibility index (Phi) is 5.05. The molecule has 2 aromatic rings. The van der Waals surface area contributed by atoms with Crippen LogP contribution in [0.15, 0.2) is 59.5 Å². The Hall–Kier alpha value is -2.76. The summed E-state index contributed by atoms with van der Waals surface area (Å²) in [7, 11) is -4.06. The van der Waals surface area contributed by atoms with Crippen LogP contribution in [0.5, 0.6) is 0 Å². The van der Waals surface area contributed by atoms with Crippen molar-refractivity contribution in [2.45, 2.75) is 11.0 Å². The second-order valence-electron chi connectivity index (χ2n) is 4.54. The SMILES string of the molecule is N#CC(OCS(=O)(=O)c1ccccc1[N+](=O)[O-])c1ccccc1. The molecule has 0 saturated heterocycles. The lowest BCUT2D eigenvalue weighted by Gasteiger charge is -2.11. The summed E-state index contributed by atoms with van der Waals surface area (Å²) in [6, 6.07) is 15.3. The summed E-state index contributed by atoms with van der Waals surface area (Å²) < 4.78 is 29.7. The lowest BCUT2D eigenvalue weighted by Crippen LogP contribution is -2.14. The minimum absolute atomic E-state index is 0.435. The molecule has 0 radical (unpaired) electrons. The summed E-state index contributed by atoms with van der Waals surface area (Å²) in [5.41, 5.74) is -0.0166. The number of nitro benzene ring substituents is 1. The van der Waals surface area contributed by atoms with E-state index in [4.69, 9.17) is 10.00 Å². The standard InChI is InChI=1S/C15H12N2O5S/c16-10-14(12-6-2-1-3-7-12)22-11-23(20,21)15-9-5-4-8-13(15)17(18)19/h1-9,14H,11H2. The molecule has 8 heteroatoms. The van der Waals surface area contributed by atoms with E-state index in [9.17, 15) is 18.5 Å². The van der Waals surface area contributed by atoms with E-state index in [1.54, 1.807) is 30.3 Å². The van der Waals surface area contributed by atoms with Gasteiger partial charge in [0.05, 0.1) is 11.0 Å². The van der Waals surface area contributed by atoms with E-state index in [0.29, 0.717) is 5.56 Å². The van der Waals surface area contributed by atoms with Crippen molar-refractivity contribution in [1.29, 1.82) is 5.26 Å². The highest BCUT2D eigenvalue weighted by Crippen LogP contribution is 2.25. The Morgan fingerprint density at radius 2 is 1.74 bits per heavy atom. The van der Waals surface area contributed by atoms with Gasteiger partial charge in [-0.05, 0) is 11.6 Å². The third kappa shape index (κ3) is 3.91. The summed E-state index contributed by atoms with van der Waals surface area (Å²) in [5.74, 6) is -0.828. The molecular weight excluding hydrogens is 320 g/mol. The zero-order chi connectivity index (χ0) is 16.9. The molecule has 7 nitrogen and oxygen atoms in total. The average Bonchev–Trinajstić information content (AvgIpc) is 2.56. The lowest BCUT2D eigenvalue weighted by atomic mass is 10.1. The number of para-hydroxylation sites is 1. The van der Waals surface area contributed by atoms with Gasteiger partial charge in [-0.2, -0.15) is 5.26 Å². The fraction of sp³-hybridized carbons (Fsp3) is 0.133. The lowest BCUT2D eigenvalue weighted by molar-refractivity contribution is -0.387. The zero-order valence-corrected chi connectivity index (χ0v) is 12.6. The number of hydrogen-bond donors (Lipinski definition) is 0. The molecule has 2 aromatic carbocycles. The molecule has 0 heterocycles. The molecule has 0 aromatic heterocycles. The third-order valence-corrected chi connectivity index (χ3v) is 4.47. The number of hydrogen-bond acceptors (Lipinski definition) is 6. The summed E-state index contributed by atoms with van der Waals surface area (Å²) >= 11 is 0. The largest absolute Gasteiger partial charge is 0.342 e. The molecule has 0 aliphatic carbocycles. The number of nitriles is 1. The molecular formula is C15H12N2O5S. The summed E-state index contributed by atoms with van der Waals surface area (Å²) in [5, 5.41) is 20.0. The first-order chi connectivity index (χ1) is 11.0. The van der Waals surface area contributed by atoms with Gasteiger partial charge >= 0.3 is 0 Å². The predicted molar refractivity (Wildman–Crippen MR) is 81.0 cm³/mol. The molecule has 0 bridgehead atoms. The van der Waals surface area contributed by atoms with Crippen LogP contribution in [0, 0.1) is 21.4 Å². The monoisotopic (exact) mass is 332 g/mol. The van der Waals surface area contributed by atoms with Crippen LogP contribution < -0.4 is 0 Å². The van der Waals surface area contributed by atoms with Crippen molar-refractivity contribution in [2.75, 3.05) is 5.94 Å². The second-order valence-corrected chi connectivity index (χ2v) is 6.45. The molecule has 0 fully saturated rings. The van der Waals surface area contributed by atoms with Crippen LogP contribution >= 0.6 is 0 Å². The minimum Gasteiger partial charge on any atom is -0.342 e. The van der Waals surface area contributed by atoms with E-state index in [1.165, 1.54) is 12.1 Å². The van der Waals surface area contributed by atoms with Gasteiger partial charge in [-0.25, -0.2) is 8.42 Å². The first-order valence-corrected chi connectivity index (χ1v) is 8.13. The van der Waals surface area contributed by atoms with Crippen LogP contribution in [0.25, 0.3) is 0 Å². The van der Waals surface area contributed by atoms with Gasteiger partial charge in [0.15, 0.2) is 12.0 Å². The third-order valence-electron chi connectivity index (χ3n) is 3.01. The summed E-state index contributed by atoms with van der Waals surface area (Å²) in [6.07, 6.45) is -1.08. The molecule has 23 heavy (non-hydrogen) atoms. The van der Waals surface area contributed by atoms with Crippen molar-refractivity contribution in [3.8, 4) is 6.07 Å². The van der Waals surface area contributed by atoms with Crippen molar-refractivity contribution in [3.63, 3.8) is 0 Å². The van der Waals surface area contributed by atoms with Gasteiger partial charge in [-0.3, -0.25) is 10.1 Å². The van der Waals surface area contributed by atoms with Crippen molar-refractivity contribution in [1.82, 2.24) is 0 Å². The highest BCUT2D eigenvalue weighted by Gasteiger charge is 2.26. The Labute approximate surface area is 132 Å². The van der Waals surface area contributed by atoms with Crippen LogP contribution in [-0.2, 0) is 14.6 Å². The maximum Gasteiger partial charge on any atom is 0.288 e. The van der Waals surface area contributed by atoms with E-state index < -0.39 is 37.4 Å². The van der Waals surface area contributed by atoms with Gasteiger partial charge in [-0.15, -0.1) is 0 Å². The second kappa shape index (κ2) is 7.00. The minimum atomic E-state index is -4.06. The topological polar surface area (TPSA) is 110 Å². The Balaban J connectivity index is 2.23. The number of benzene rings is 2. The maximum absolute atomic E-state index is 12.3. The molecule has 0 spiro atoms. The number of rotatable bonds is 6. The first kappa shape index (κ1) is 16.6. The van der Waals surface area contributed by atoms with Gasteiger partial charge in [0.25, 0.3) is 5.69 Å². The van der Waals surface area contributed by atoms with E-state index in [-0.39, 0.29) is 0 Å². The zero-order valence-electron chi connectivity index (χ0n) is 11.8. The van der Waals surface area contributed by atoms with Gasteiger partial charge < -0.3 is 4.74 Å². The van der Waals surface area contributed by atoms with Gasteiger partial charge in [0.2, 0.25) is 9.84 Å². The molecule has 0 aliphatic heterocycles. The normalized spacial score (nSPS) is 12.3. The Morgan fingerprint density at radius 1 is 1.13 bits per heavy atom. The number of nitro groups is 1. The predicted octanol–water partition coefficient (Wildman–Crippen LogP) is 2.61. The fourth-order valence-electron chi connectivity index (χ4n) is 1.93. The first-order valence-electron chi connectivity index (χ1n) is 6.48. The average molecular weight is 332 g/mol. The quantitative estimate of drug-likeness (QED) is 0.594. The van der Waals surface area contributed by atoms with E-state index in [0.717, 1.165) is 12.1 Å². The van der Waals surface area contributed by atoms with Crippen molar-refractivity contribution in [3.05, 3.63) is 70.3 Å². The van der Waals surface area contributed by atoms with E-state index >= 15 is 0 Å². The molecule has 1 atom stereocenters. The number of sulfone groups is 1. The van der Waals surface area contributed by atoms with Gasteiger partial charge in [0, 0.05) is 6.07 Å². The highest BCUT2D eigenvalue weighted by molar-refractivity contribution is 7.91. The Morgan fingerprint density at radius 3 is 2.35 bits per heavy atom. The van der Waals surface area contributed by atoms with Crippen LogP contribution in [0.1, 0.15) is 11.7 Å². The van der Waals surface area contributed by atoms with Crippen LogP contribution in [-0.4, -0.2) is 19.3 Å². The molecule has 1 unspecified atom stereocenters. The molecule has 2 rings (SSSR count). The maximum atomic E-state index is 12.3. The van der Waals surface area contributed by atoms with E-state index in [2.05, 4.69) is 0 Å². The van der Waals surface area contributed by atoms with Crippen molar-refractivity contribution < 1.29 is 18.1 Å². The van der Waals surface area contributed by atoms with Crippen LogP contribution in [0.3, 0.4) is 0 Å². The molecule has 0 amide bonds. The van der Waals surface area contributed by atoms with Crippen molar-refractivity contribution >= 4 is 15.5 Å². The molecule has 118 valence electrons. The van der Waals surface area contributed by atoms with Gasteiger partial charge in [-0.1, -0.05) is 42.5 Å². The summed E-state index contributed by atoms with van der Waals surface area (Å²) in [6.45, 7) is 0. The summed E-state index contributed by atoms with van der Waals surface area (Å²) in [4.78, 5) is 9.72. The Bertz CT molecular complexity index is 844. The van der Waals surface area contributed by atoms with E-state index in [1.807, 2.05) is 6.07 Å². The molecule has 0 saturated carbocycles. The van der Waals surface area contributed by atoms with Crippen molar-refractivity contribution in [2.24, 2.45) is 0 Å². The van der Waals surface area contributed by atoms with Gasteiger partial charge in [0.1, 0.15) is 4.90 Å².